The Morgan fingerprint density at radius 3 is 2.71 bits per heavy atom. The SMILES string of the molecule is CCO/C(C#Cc1ccccc1)=C/Cl. The number of halogens is 1. The number of benzene rings is 1. The summed E-state index contributed by atoms with van der Waals surface area (Å²) < 4.78 is 5.17. The molecule has 0 aromatic heterocycles. The molecule has 0 aliphatic carbocycles. The van der Waals surface area contributed by atoms with Crippen LogP contribution < -0.4 is 0 Å². The molecule has 72 valence electrons. The first kappa shape index (κ1) is 10.7. The molecule has 14 heavy (non-hydrogen) atoms. The Balaban J connectivity index is 2.72. The molecule has 2 heteroatoms. The van der Waals surface area contributed by atoms with Crippen molar-refractivity contribution in [1.82, 2.24) is 0 Å². The molecule has 0 amide bonds. The van der Waals surface area contributed by atoms with Crippen molar-refractivity contribution in [2.24, 2.45) is 0 Å². The fourth-order valence-electron chi connectivity index (χ4n) is 0.906. The minimum absolute atomic E-state index is 0.498. The van der Waals surface area contributed by atoms with Gasteiger partial charge in [0.25, 0.3) is 0 Å². The average molecular weight is 207 g/mol. The summed E-state index contributed by atoms with van der Waals surface area (Å²) in [5, 5.41) is 0. The molecule has 1 aromatic rings. The van der Waals surface area contributed by atoms with E-state index in [2.05, 4.69) is 11.8 Å². The summed E-state index contributed by atoms with van der Waals surface area (Å²) in [4.78, 5) is 0. The van der Waals surface area contributed by atoms with Crippen LogP contribution in [0.1, 0.15) is 12.5 Å². The molecular formula is C12H11ClO. The van der Waals surface area contributed by atoms with Crippen molar-refractivity contribution in [1.29, 1.82) is 0 Å². The van der Waals surface area contributed by atoms with Crippen LogP contribution in [0.5, 0.6) is 0 Å². The lowest BCUT2D eigenvalue weighted by Crippen LogP contribution is -1.87. The van der Waals surface area contributed by atoms with Gasteiger partial charge < -0.3 is 4.74 Å². The van der Waals surface area contributed by atoms with E-state index in [1.54, 1.807) is 0 Å². The zero-order valence-corrected chi connectivity index (χ0v) is 8.71. The molecule has 0 atom stereocenters. The first-order chi connectivity index (χ1) is 6.86. The van der Waals surface area contributed by atoms with Crippen LogP contribution in [0.15, 0.2) is 41.6 Å². The molecule has 0 heterocycles. The Bertz CT molecular complexity index is 357. The summed E-state index contributed by atoms with van der Waals surface area (Å²) in [5.41, 5.74) is 2.29. The quantitative estimate of drug-likeness (QED) is 0.534. The summed E-state index contributed by atoms with van der Waals surface area (Å²) in [5.74, 6) is 6.29. The lowest BCUT2D eigenvalue weighted by atomic mass is 10.2. The van der Waals surface area contributed by atoms with E-state index < -0.39 is 0 Å². The smallest absolute Gasteiger partial charge is 0.181 e. The van der Waals surface area contributed by atoms with Gasteiger partial charge in [-0.2, -0.15) is 0 Å². The number of hydrogen-bond donors (Lipinski definition) is 0. The van der Waals surface area contributed by atoms with Crippen LogP contribution in [0.25, 0.3) is 0 Å². The van der Waals surface area contributed by atoms with Gasteiger partial charge in [0.15, 0.2) is 5.76 Å². The zero-order valence-electron chi connectivity index (χ0n) is 7.96. The van der Waals surface area contributed by atoms with E-state index >= 15 is 0 Å². The molecular weight excluding hydrogens is 196 g/mol. The summed E-state index contributed by atoms with van der Waals surface area (Å²) >= 11 is 5.52. The van der Waals surface area contributed by atoms with Crippen LogP contribution in [0.2, 0.25) is 0 Å². The monoisotopic (exact) mass is 206 g/mol. The van der Waals surface area contributed by atoms with Crippen LogP contribution in [0.4, 0.5) is 0 Å². The van der Waals surface area contributed by atoms with E-state index in [1.807, 2.05) is 37.3 Å². The molecule has 1 nitrogen and oxygen atoms in total. The first-order valence-corrected chi connectivity index (χ1v) is 4.80. The molecule has 0 saturated carbocycles. The Labute approximate surface area is 89.3 Å². The fraction of sp³-hybridized carbons (Fsp3) is 0.167. The Hall–Kier alpha value is -1.39. The number of allylic oxidation sites excluding steroid dienone is 1. The third kappa shape index (κ3) is 3.55. The van der Waals surface area contributed by atoms with Crippen molar-refractivity contribution in [2.75, 3.05) is 6.61 Å². The second-order valence-corrected chi connectivity index (χ2v) is 2.74. The van der Waals surface area contributed by atoms with Gasteiger partial charge in [0.05, 0.1) is 12.1 Å². The van der Waals surface area contributed by atoms with Crippen molar-refractivity contribution in [3.8, 4) is 11.8 Å². The second kappa shape index (κ2) is 6.12. The van der Waals surface area contributed by atoms with Crippen LogP contribution in [-0.4, -0.2) is 6.61 Å². The van der Waals surface area contributed by atoms with Gasteiger partial charge in [-0.05, 0) is 25.0 Å². The molecule has 0 aliphatic heterocycles. The molecule has 0 spiro atoms. The van der Waals surface area contributed by atoms with Gasteiger partial charge in [0, 0.05) is 5.56 Å². The van der Waals surface area contributed by atoms with Crippen molar-refractivity contribution >= 4 is 11.6 Å². The third-order valence-electron chi connectivity index (χ3n) is 1.50. The van der Waals surface area contributed by atoms with Crippen LogP contribution >= 0.6 is 11.6 Å². The van der Waals surface area contributed by atoms with Gasteiger partial charge in [-0.1, -0.05) is 35.7 Å². The predicted molar refractivity (Wildman–Crippen MR) is 58.9 cm³/mol. The van der Waals surface area contributed by atoms with Crippen molar-refractivity contribution in [3.63, 3.8) is 0 Å². The molecule has 1 aromatic carbocycles. The number of rotatable bonds is 2. The lowest BCUT2D eigenvalue weighted by molar-refractivity contribution is 0.247. The molecule has 0 bridgehead atoms. The normalized spacial score (nSPS) is 10.3. The Morgan fingerprint density at radius 2 is 2.14 bits per heavy atom. The summed E-state index contributed by atoms with van der Waals surface area (Å²) in [7, 11) is 0. The van der Waals surface area contributed by atoms with Crippen LogP contribution in [0, 0.1) is 11.8 Å². The number of ether oxygens (including phenoxy) is 1. The highest BCUT2D eigenvalue weighted by Gasteiger charge is 1.88. The molecule has 1 rings (SSSR count). The maximum absolute atomic E-state index is 5.52. The van der Waals surface area contributed by atoms with Crippen molar-refractivity contribution in [2.45, 2.75) is 6.92 Å². The molecule has 0 aliphatic rings. The Kier molecular flexibility index (Phi) is 4.68. The van der Waals surface area contributed by atoms with E-state index in [9.17, 15) is 0 Å². The lowest BCUT2D eigenvalue weighted by Gasteiger charge is -1.97. The molecule has 0 radical (unpaired) electrons. The molecule has 0 saturated heterocycles. The average Bonchev–Trinajstić information content (AvgIpc) is 2.25. The van der Waals surface area contributed by atoms with E-state index in [0.717, 1.165) is 5.56 Å². The largest absolute Gasteiger partial charge is 0.485 e. The maximum atomic E-state index is 5.52. The van der Waals surface area contributed by atoms with E-state index in [-0.39, 0.29) is 0 Å². The highest BCUT2D eigenvalue weighted by molar-refractivity contribution is 6.25. The van der Waals surface area contributed by atoms with Crippen LogP contribution in [-0.2, 0) is 4.74 Å². The number of hydrogen-bond acceptors (Lipinski definition) is 1. The maximum Gasteiger partial charge on any atom is 0.181 e. The van der Waals surface area contributed by atoms with Gasteiger partial charge in [-0.15, -0.1) is 0 Å². The van der Waals surface area contributed by atoms with E-state index in [0.29, 0.717) is 12.4 Å². The van der Waals surface area contributed by atoms with Gasteiger partial charge >= 0.3 is 0 Å². The van der Waals surface area contributed by atoms with E-state index in [1.165, 1.54) is 5.54 Å². The zero-order chi connectivity index (χ0) is 10.2. The summed E-state index contributed by atoms with van der Waals surface area (Å²) in [6.07, 6.45) is 0. The molecule has 0 unspecified atom stereocenters. The topological polar surface area (TPSA) is 9.23 Å². The summed E-state index contributed by atoms with van der Waals surface area (Å²) in [6.45, 7) is 2.46. The van der Waals surface area contributed by atoms with E-state index in [4.69, 9.17) is 16.3 Å². The van der Waals surface area contributed by atoms with Gasteiger partial charge in [0.2, 0.25) is 0 Å². The first-order valence-electron chi connectivity index (χ1n) is 4.37. The molecule has 0 N–H and O–H groups in total. The van der Waals surface area contributed by atoms with Crippen molar-refractivity contribution < 1.29 is 4.74 Å². The minimum Gasteiger partial charge on any atom is -0.485 e. The predicted octanol–water partition coefficient (Wildman–Crippen LogP) is 3.15. The highest BCUT2D eigenvalue weighted by Crippen LogP contribution is 2.00. The highest BCUT2D eigenvalue weighted by atomic mass is 35.5. The van der Waals surface area contributed by atoms with Gasteiger partial charge in [0.1, 0.15) is 0 Å². The van der Waals surface area contributed by atoms with Crippen molar-refractivity contribution in [3.05, 3.63) is 47.2 Å². The summed E-state index contributed by atoms with van der Waals surface area (Å²) in [6, 6.07) is 9.70. The molecule has 0 fully saturated rings. The standard InChI is InChI=1S/C12H11ClO/c1-2-14-12(10-13)9-8-11-6-4-3-5-7-11/h3-7,10H,2H2,1H3/b12-10+. The van der Waals surface area contributed by atoms with Crippen LogP contribution in [0.3, 0.4) is 0 Å². The van der Waals surface area contributed by atoms with Gasteiger partial charge in [-0.3, -0.25) is 0 Å². The third-order valence-corrected chi connectivity index (χ3v) is 1.70. The minimum atomic E-state index is 0.498. The fourth-order valence-corrected chi connectivity index (χ4v) is 1.02. The Morgan fingerprint density at radius 1 is 1.43 bits per heavy atom. The van der Waals surface area contributed by atoms with Gasteiger partial charge in [-0.25, -0.2) is 0 Å². The second-order valence-electron chi connectivity index (χ2n) is 2.52.